The van der Waals surface area contributed by atoms with Crippen LogP contribution < -0.4 is 10.1 Å². The standard InChI is InChI=1S/C27H27F5N2O2/c1-17(18-11-13-34(14-12-18)16-25(28)29)33-26(35)20-5-10-23-19(15-20)3-2-4-24(23)36-22-8-6-21(7-9-22)27(30,31)32/h2-10,15,17-18,25H,11-14,16H2,1H3,(H,33,35)/t17-/m1/s1. The summed E-state index contributed by atoms with van der Waals surface area (Å²) in [7, 11) is 0. The fourth-order valence-corrected chi connectivity index (χ4v) is 4.56. The molecule has 3 aromatic carbocycles. The summed E-state index contributed by atoms with van der Waals surface area (Å²) in [6, 6.07) is 14.8. The lowest BCUT2D eigenvalue weighted by Crippen LogP contribution is -2.44. The van der Waals surface area contributed by atoms with Crippen LogP contribution in [-0.4, -0.2) is 42.9 Å². The van der Waals surface area contributed by atoms with Gasteiger partial charge in [0.05, 0.1) is 12.1 Å². The molecule has 1 heterocycles. The number of carbonyl (C=O) groups is 1. The van der Waals surface area contributed by atoms with Crippen molar-refractivity contribution in [2.75, 3.05) is 19.6 Å². The van der Waals surface area contributed by atoms with Crippen LogP contribution in [0.2, 0.25) is 0 Å². The number of piperidine rings is 1. The highest BCUT2D eigenvalue weighted by Crippen LogP contribution is 2.34. The summed E-state index contributed by atoms with van der Waals surface area (Å²) in [5, 5.41) is 4.50. The third-order valence-electron chi connectivity index (χ3n) is 6.61. The van der Waals surface area contributed by atoms with Crippen molar-refractivity contribution in [2.45, 2.75) is 38.4 Å². The number of nitrogens with zero attached hydrogens (tertiary/aromatic N) is 1. The maximum absolute atomic E-state index is 12.9. The Morgan fingerprint density at radius 1 is 1.06 bits per heavy atom. The van der Waals surface area contributed by atoms with E-state index >= 15 is 0 Å². The molecule has 1 saturated heterocycles. The fraction of sp³-hybridized carbons (Fsp3) is 0.370. The van der Waals surface area contributed by atoms with Gasteiger partial charge in [0, 0.05) is 17.0 Å². The lowest BCUT2D eigenvalue weighted by Gasteiger charge is -2.34. The second kappa shape index (κ2) is 10.8. The highest BCUT2D eigenvalue weighted by molar-refractivity contribution is 6.00. The van der Waals surface area contributed by atoms with Gasteiger partial charge in [0.25, 0.3) is 12.3 Å². The molecule has 36 heavy (non-hydrogen) atoms. The summed E-state index contributed by atoms with van der Waals surface area (Å²) >= 11 is 0. The first-order valence-electron chi connectivity index (χ1n) is 11.8. The van der Waals surface area contributed by atoms with E-state index in [0.29, 0.717) is 29.8 Å². The van der Waals surface area contributed by atoms with Gasteiger partial charge in [0.15, 0.2) is 0 Å². The zero-order valence-electron chi connectivity index (χ0n) is 19.7. The van der Waals surface area contributed by atoms with Gasteiger partial charge in [-0.3, -0.25) is 9.69 Å². The minimum atomic E-state index is -4.42. The molecule has 1 fully saturated rings. The smallest absolute Gasteiger partial charge is 0.416 e. The minimum absolute atomic E-state index is 0.101. The van der Waals surface area contributed by atoms with E-state index in [-0.39, 0.29) is 30.2 Å². The molecule has 0 aliphatic carbocycles. The lowest BCUT2D eigenvalue weighted by molar-refractivity contribution is -0.137. The van der Waals surface area contributed by atoms with Crippen molar-refractivity contribution >= 4 is 16.7 Å². The molecule has 1 aliphatic rings. The first-order chi connectivity index (χ1) is 17.1. The molecule has 1 aliphatic heterocycles. The number of fused-ring (bicyclic) bond motifs is 1. The Hall–Kier alpha value is -3.20. The van der Waals surface area contributed by atoms with Crippen LogP contribution in [0.25, 0.3) is 10.8 Å². The van der Waals surface area contributed by atoms with Crippen LogP contribution >= 0.6 is 0 Å². The lowest BCUT2D eigenvalue weighted by atomic mass is 9.90. The number of ether oxygens (including phenoxy) is 1. The van der Waals surface area contributed by atoms with Gasteiger partial charge >= 0.3 is 6.18 Å². The Balaban J connectivity index is 1.41. The van der Waals surface area contributed by atoms with E-state index < -0.39 is 18.2 Å². The number of carbonyl (C=O) groups excluding carboxylic acids is 1. The van der Waals surface area contributed by atoms with Gasteiger partial charge in [-0.05, 0) is 92.7 Å². The van der Waals surface area contributed by atoms with Crippen LogP contribution in [0.4, 0.5) is 22.0 Å². The van der Waals surface area contributed by atoms with Crippen molar-refractivity contribution in [3.05, 3.63) is 71.8 Å². The minimum Gasteiger partial charge on any atom is -0.457 e. The number of hydrogen-bond donors (Lipinski definition) is 1. The quantitative estimate of drug-likeness (QED) is 0.361. The van der Waals surface area contributed by atoms with E-state index in [0.717, 1.165) is 30.4 Å². The van der Waals surface area contributed by atoms with E-state index in [2.05, 4.69) is 5.32 Å². The molecule has 0 saturated carbocycles. The van der Waals surface area contributed by atoms with Crippen LogP contribution in [-0.2, 0) is 6.18 Å². The highest BCUT2D eigenvalue weighted by Gasteiger charge is 2.30. The molecule has 0 bridgehead atoms. The Morgan fingerprint density at radius 3 is 2.39 bits per heavy atom. The SMILES string of the molecule is C[C@@H](NC(=O)c1ccc2c(Oc3ccc(C(F)(F)F)cc3)cccc2c1)C1CCN(CC(F)F)CC1. The van der Waals surface area contributed by atoms with Crippen LogP contribution in [0.15, 0.2) is 60.7 Å². The van der Waals surface area contributed by atoms with E-state index in [4.69, 9.17) is 4.74 Å². The third-order valence-corrected chi connectivity index (χ3v) is 6.61. The van der Waals surface area contributed by atoms with E-state index in [1.165, 1.54) is 12.1 Å². The zero-order chi connectivity index (χ0) is 25.9. The number of likely N-dealkylation sites (tertiary alicyclic amines) is 1. The Labute approximate surface area is 206 Å². The number of amides is 1. The number of rotatable bonds is 7. The van der Waals surface area contributed by atoms with Crippen molar-refractivity contribution in [1.29, 1.82) is 0 Å². The van der Waals surface area contributed by atoms with Gasteiger partial charge in [-0.25, -0.2) is 8.78 Å². The van der Waals surface area contributed by atoms with E-state index in [9.17, 15) is 26.7 Å². The molecule has 0 unspecified atom stereocenters. The van der Waals surface area contributed by atoms with Gasteiger partial charge in [-0.15, -0.1) is 0 Å². The van der Waals surface area contributed by atoms with Crippen LogP contribution in [0.3, 0.4) is 0 Å². The zero-order valence-corrected chi connectivity index (χ0v) is 19.7. The van der Waals surface area contributed by atoms with Crippen molar-refractivity contribution < 1.29 is 31.5 Å². The van der Waals surface area contributed by atoms with Crippen molar-refractivity contribution in [3.63, 3.8) is 0 Å². The molecule has 1 N–H and O–H groups in total. The van der Waals surface area contributed by atoms with Gasteiger partial charge in [-0.1, -0.05) is 12.1 Å². The molecular formula is C27H27F5N2O2. The molecule has 0 aromatic heterocycles. The highest BCUT2D eigenvalue weighted by atomic mass is 19.4. The van der Waals surface area contributed by atoms with Gasteiger partial charge < -0.3 is 10.1 Å². The van der Waals surface area contributed by atoms with Crippen molar-refractivity contribution in [1.82, 2.24) is 10.2 Å². The molecule has 9 heteroatoms. The predicted octanol–water partition coefficient (Wildman–Crippen LogP) is 6.75. The van der Waals surface area contributed by atoms with Crippen LogP contribution in [0, 0.1) is 5.92 Å². The molecular weight excluding hydrogens is 479 g/mol. The normalized spacial score (nSPS) is 16.3. The van der Waals surface area contributed by atoms with Crippen LogP contribution in [0.5, 0.6) is 11.5 Å². The summed E-state index contributed by atoms with van der Waals surface area (Å²) in [6.07, 6.45) is -5.27. The van der Waals surface area contributed by atoms with Gasteiger partial charge in [0.2, 0.25) is 0 Å². The Kier molecular flexibility index (Phi) is 7.78. The number of benzene rings is 3. The summed E-state index contributed by atoms with van der Waals surface area (Å²) < 4.78 is 69.4. The van der Waals surface area contributed by atoms with Crippen molar-refractivity contribution in [2.24, 2.45) is 5.92 Å². The molecule has 4 rings (SSSR count). The Morgan fingerprint density at radius 2 is 1.75 bits per heavy atom. The average Bonchev–Trinajstić information content (AvgIpc) is 2.83. The fourth-order valence-electron chi connectivity index (χ4n) is 4.56. The molecule has 0 spiro atoms. The maximum Gasteiger partial charge on any atom is 0.416 e. The molecule has 3 aromatic rings. The van der Waals surface area contributed by atoms with E-state index in [1.54, 1.807) is 35.2 Å². The number of alkyl halides is 5. The summed E-state index contributed by atoms with van der Waals surface area (Å²) in [6.45, 7) is 2.90. The van der Waals surface area contributed by atoms with Crippen molar-refractivity contribution in [3.8, 4) is 11.5 Å². The van der Waals surface area contributed by atoms with E-state index in [1.807, 2.05) is 13.0 Å². The second-order valence-corrected chi connectivity index (χ2v) is 9.11. The van der Waals surface area contributed by atoms with Gasteiger partial charge in [0.1, 0.15) is 11.5 Å². The predicted molar refractivity (Wildman–Crippen MR) is 128 cm³/mol. The first kappa shape index (κ1) is 25.9. The monoisotopic (exact) mass is 506 g/mol. The summed E-state index contributed by atoms with van der Waals surface area (Å²) in [4.78, 5) is 14.6. The number of nitrogens with one attached hydrogen (secondary N) is 1. The molecule has 4 nitrogen and oxygen atoms in total. The molecule has 192 valence electrons. The average molecular weight is 507 g/mol. The maximum atomic E-state index is 12.9. The molecule has 0 radical (unpaired) electrons. The Bertz CT molecular complexity index is 1190. The summed E-state index contributed by atoms with van der Waals surface area (Å²) in [5.41, 5.74) is -0.285. The first-order valence-corrected chi connectivity index (χ1v) is 11.8. The largest absolute Gasteiger partial charge is 0.457 e. The van der Waals surface area contributed by atoms with Crippen LogP contribution in [0.1, 0.15) is 35.7 Å². The summed E-state index contributed by atoms with van der Waals surface area (Å²) in [5.74, 6) is 0.717. The topological polar surface area (TPSA) is 41.6 Å². The number of hydrogen-bond acceptors (Lipinski definition) is 3. The number of halogens is 5. The molecule has 1 amide bonds. The molecule has 1 atom stereocenters. The second-order valence-electron chi connectivity index (χ2n) is 9.11. The third kappa shape index (κ3) is 6.32. The van der Waals surface area contributed by atoms with Gasteiger partial charge in [-0.2, -0.15) is 13.2 Å².